The van der Waals surface area contributed by atoms with Crippen molar-refractivity contribution < 1.29 is 32.2 Å². The minimum Gasteiger partial charge on any atom is -0.497 e. The Morgan fingerprint density at radius 1 is 0.854 bits per heavy atom. The number of nitrogens with one attached hydrogen (secondary N) is 2. The molecule has 1 amide bonds. The van der Waals surface area contributed by atoms with Gasteiger partial charge in [0.15, 0.2) is 11.5 Å². The van der Waals surface area contributed by atoms with Crippen LogP contribution in [0.4, 0.5) is 5.69 Å². The van der Waals surface area contributed by atoms with Crippen molar-refractivity contribution in [3.8, 4) is 17.2 Å². The van der Waals surface area contributed by atoms with Crippen LogP contribution in [0, 0.1) is 0 Å². The number of rotatable bonds is 11. The van der Waals surface area contributed by atoms with E-state index in [1.165, 1.54) is 49.7 Å². The monoisotopic (exact) mass is 573 g/mol. The number of ether oxygens (including phenoxy) is 3. The highest BCUT2D eigenvalue weighted by molar-refractivity contribution is 7.92. The van der Waals surface area contributed by atoms with Crippen molar-refractivity contribution in [1.29, 1.82) is 0 Å². The number of nitrogens with zero attached hydrogens (tertiary/aromatic N) is 1. The van der Waals surface area contributed by atoms with Crippen LogP contribution in [0.1, 0.15) is 33.2 Å². The van der Waals surface area contributed by atoms with Crippen molar-refractivity contribution in [3.05, 3.63) is 114 Å². The first-order valence-corrected chi connectivity index (χ1v) is 13.9. The summed E-state index contributed by atoms with van der Waals surface area (Å²) in [7, 11) is -2.20. The van der Waals surface area contributed by atoms with E-state index < -0.39 is 21.9 Å². The number of sulfonamides is 1. The molecule has 2 N–H and O–H groups in total. The zero-order valence-corrected chi connectivity index (χ0v) is 23.1. The predicted octanol–water partition coefficient (Wildman–Crippen LogP) is 4.88. The molecule has 0 aliphatic rings. The zero-order chi connectivity index (χ0) is 29.2. The summed E-state index contributed by atoms with van der Waals surface area (Å²) in [6.45, 7) is 2.13. The van der Waals surface area contributed by atoms with Gasteiger partial charge in [-0.3, -0.25) is 9.52 Å². The van der Waals surface area contributed by atoms with E-state index in [-0.39, 0.29) is 16.2 Å². The molecule has 0 fully saturated rings. The number of amides is 1. The highest BCUT2D eigenvalue weighted by Crippen LogP contribution is 2.29. The van der Waals surface area contributed by atoms with Gasteiger partial charge in [0.25, 0.3) is 15.9 Å². The summed E-state index contributed by atoms with van der Waals surface area (Å²) < 4.78 is 43.7. The summed E-state index contributed by atoms with van der Waals surface area (Å²) in [5.41, 5.74) is 3.95. The lowest BCUT2D eigenvalue weighted by atomic mass is 10.2. The Morgan fingerprint density at radius 2 is 1.54 bits per heavy atom. The second-order valence-electron chi connectivity index (χ2n) is 8.45. The molecular formula is C30H27N3O7S. The van der Waals surface area contributed by atoms with E-state index in [1.807, 2.05) is 0 Å². The minimum absolute atomic E-state index is 0.132. The smallest absolute Gasteiger partial charge is 0.343 e. The van der Waals surface area contributed by atoms with Crippen molar-refractivity contribution in [1.82, 2.24) is 5.43 Å². The Bertz CT molecular complexity index is 1640. The maximum absolute atomic E-state index is 12.6. The van der Waals surface area contributed by atoms with Crippen molar-refractivity contribution in [2.24, 2.45) is 5.10 Å². The summed E-state index contributed by atoms with van der Waals surface area (Å²) in [5, 5.41) is 3.98. The van der Waals surface area contributed by atoms with E-state index in [2.05, 4.69) is 15.2 Å². The van der Waals surface area contributed by atoms with Gasteiger partial charge < -0.3 is 14.2 Å². The molecule has 0 atom stereocenters. The van der Waals surface area contributed by atoms with Gasteiger partial charge in [0.05, 0.1) is 30.4 Å². The summed E-state index contributed by atoms with van der Waals surface area (Å²) in [4.78, 5) is 25.2. The van der Waals surface area contributed by atoms with Gasteiger partial charge in [-0.05, 0) is 91.3 Å². The maximum Gasteiger partial charge on any atom is 0.343 e. The van der Waals surface area contributed by atoms with Crippen LogP contribution in [-0.4, -0.2) is 40.2 Å². The van der Waals surface area contributed by atoms with E-state index in [0.29, 0.717) is 34.9 Å². The molecule has 0 radical (unpaired) electrons. The van der Waals surface area contributed by atoms with Crippen molar-refractivity contribution in [2.45, 2.75) is 11.8 Å². The fraction of sp³-hybridized carbons (Fsp3) is 0.100. The molecule has 4 aromatic rings. The number of carbonyl (C=O) groups excluding carboxylic acids is 2. The van der Waals surface area contributed by atoms with Crippen LogP contribution in [0.25, 0.3) is 0 Å². The third kappa shape index (κ3) is 7.70. The third-order valence-electron chi connectivity index (χ3n) is 5.63. The number of carbonyl (C=O) groups is 2. The topological polar surface area (TPSA) is 132 Å². The number of hydrogen-bond acceptors (Lipinski definition) is 8. The first-order chi connectivity index (χ1) is 19.8. The number of benzene rings is 4. The van der Waals surface area contributed by atoms with E-state index in [9.17, 15) is 18.0 Å². The van der Waals surface area contributed by atoms with Crippen molar-refractivity contribution >= 4 is 33.8 Å². The highest BCUT2D eigenvalue weighted by Gasteiger charge is 2.15. The summed E-state index contributed by atoms with van der Waals surface area (Å²) in [6, 6.07) is 25.3. The molecule has 0 unspecified atom stereocenters. The van der Waals surface area contributed by atoms with Crippen molar-refractivity contribution in [3.63, 3.8) is 0 Å². The summed E-state index contributed by atoms with van der Waals surface area (Å²) in [6.07, 6.45) is 1.41. The van der Waals surface area contributed by atoms with Crippen LogP contribution >= 0.6 is 0 Å². The minimum atomic E-state index is -3.74. The molecule has 0 bridgehead atoms. The summed E-state index contributed by atoms with van der Waals surface area (Å²) in [5.74, 6) is 0.139. The van der Waals surface area contributed by atoms with Gasteiger partial charge in [-0.15, -0.1) is 0 Å². The Balaban J connectivity index is 1.37. The van der Waals surface area contributed by atoms with E-state index in [0.717, 1.165) is 0 Å². The van der Waals surface area contributed by atoms with Gasteiger partial charge in [0.1, 0.15) is 5.75 Å². The molecule has 210 valence electrons. The van der Waals surface area contributed by atoms with Gasteiger partial charge >= 0.3 is 5.97 Å². The van der Waals surface area contributed by atoms with Gasteiger partial charge in [-0.25, -0.2) is 18.6 Å². The van der Waals surface area contributed by atoms with Crippen LogP contribution in [0.3, 0.4) is 0 Å². The van der Waals surface area contributed by atoms with Crippen LogP contribution < -0.4 is 24.4 Å². The SMILES string of the molecule is CCOc1cc(C=NNC(=O)c2ccc(NS(=O)(=O)c3ccccc3)cc2)ccc1OC(=O)c1ccc(OC)cc1. The van der Waals surface area contributed by atoms with Gasteiger partial charge in [-0.1, -0.05) is 18.2 Å². The predicted molar refractivity (Wildman–Crippen MR) is 154 cm³/mol. The zero-order valence-electron chi connectivity index (χ0n) is 22.2. The lowest BCUT2D eigenvalue weighted by molar-refractivity contribution is 0.0728. The Kier molecular flexibility index (Phi) is 9.33. The molecule has 0 heterocycles. The van der Waals surface area contributed by atoms with Crippen LogP contribution in [-0.2, 0) is 10.0 Å². The van der Waals surface area contributed by atoms with Gasteiger partial charge in [0, 0.05) is 11.3 Å². The van der Waals surface area contributed by atoms with Crippen LogP contribution in [0.15, 0.2) is 107 Å². The largest absolute Gasteiger partial charge is 0.497 e. The fourth-order valence-corrected chi connectivity index (χ4v) is 4.66. The summed E-state index contributed by atoms with van der Waals surface area (Å²) >= 11 is 0. The molecular weight excluding hydrogens is 546 g/mol. The van der Waals surface area contributed by atoms with Crippen molar-refractivity contribution in [2.75, 3.05) is 18.4 Å². The molecule has 0 aliphatic carbocycles. The van der Waals surface area contributed by atoms with Gasteiger partial charge in [-0.2, -0.15) is 5.10 Å². The number of anilines is 1. The third-order valence-corrected chi connectivity index (χ3v) is 7.03. The molecule has 0 saturated carbocycles. The number of hydrazone groups is 1. The quantitative estimate of drug-likeness (QED) is 0.113. The Morgan fingerprint density at radius 3 is 2.20 bits per heavy atom. The molecule has 0 spiro atoms. The lowest BCUT2D eigenvalue weighted by Crippen LogP contribution is -2.18. The molecule has 41 heavy (non-hydrogen) atoms. The average Bonchev–Trinajstić information content (AvgIpc) is 2.99. The second-order valence-corrected chi connectivity index (χ2v) is 10.1. The normalized spacial score (nSPS) is 11.1. The first-order valence-electron chi connectivity index (χ1n) is 12.4. The second kappa shape index (κ2) is 13.3. The number of methoxy groups -OCH3 is 1. The Hall–Kier alpha value is -5.16. The van der Waals surface area contributed by atoms with E-state index >= 15 is 0 Å². The van der Waals surface area contributed by atoms with E-state index in [4.69, 9.17) is 14.2 Å². The number of esters is 1. The van der Waals surface area contributed by atoms with Crippen LogP contribution in [0.2, 0.25) is 0 Å². The average molecular weight is 574 g/mol. The Labute approximate surface area is 237 Å². The standard InChI is InChI=1S/C30H27N3O7S/c1-3-39-28-19-21(9-18-27(28)40-30(35)23-12-16-25(38-2)17-13-23)20-31-32-29(34)22-10-14-24(15-11-22)33-41(36,37)26-7-5-4-6-8-26/h4-20,33H,3H2,1-2H3,(H,32,34). The molecule has 0 aromatic heterocycles. The fourth-order valence-electron chi connectivity index (χ4n) is 3.58. The molecule has 10 nitrogen and oxygen atoms in total. The first kappa shape index (κ1) is 28.8. The molecule has 0 aliphatic heterocycles. The molecule has 4 rings (SSSR count). The molecule has 11 heteroatoms. The molecule has 0 saturated heterocycles. The van der Waals surface area contributed by atoms with Crippen LogP contribution in [0.5, 0.6) is 17.2 Å². The molecule has 4 aromatic carbocycles. The maximum atomic E-state index is 12.6. The number of hydrogen-bond donors (Lipinski definition) is 2. The van der Waals surface area contributed by atoms with Gasteiger partial charge in [0.2, 0.25) is 0 Å². The highest BCUT2D eigenvalue weighted by atomic mass is 32.2. The lowest BCUT2D eigenvalue weighted by Gasteiger charge is -2.11. The van der Waals surface area contributed by atoms with E-state index in [1.54, 1.807) is 67.6 Å².